The fourth-order valence-electron chi connectivity index (χ4n) is 3.99. The molecule has 2 fully saturated rings. The number of hydrogen-bond donors (Lipinski definition) is 2. The normalized spacial score (nSPS) is 33.1. The highest BCUT2D eigenvalue weighted by atomic mass is 35.5. The smallest absolute Gasteiger partial charge is 0.0940 e. The van der Waals surface area contributed by atoms with Gasteiger partial charge in [0.1, 0.15) is 0 Å². The van der Waals surface area contributed by atoms with Crippen LogP contribution in [0.5, 0.6) is 0 Å². The zero-order valence-corrected chi connectivity index (χ0v) is 13.6. The summed E-state index contributed by atoms with van der Waals surface area (Å²) in [6.07, 6.45) is 0.963. The fraction of sp³-hybridized carbons (Fsp3) is 0.647. The van der Waals surface area contributed by atoms with E-state index in [2.05, 4.69) is 19.2 Å². The van der Waals surface area contributed by atoms with E-state index in [-0.39, 0.29) is 11.5 Å². The molecular weight excluding hydrogens is 286 g/mol. The maximum Gasteiger partial charge on any atom is 0.0940 e. The van der Waals surface area contributed by atoms with Crippen molar-refractivity contribution in [2.24, 2.45) is 11.3 Å². The van der Waals surface area contributed by atoms with Gasteiger partial charge in [0.05, 0.1) is 12.2 Å². The summed E-state index contributed by atoms with van der Waals surface area (Å²) >= 11 is 5.90. The molecule has 0 aromatic heterocycles. The van der Waals surface area contributed by atoms with Gasteiger partial charge in [-0.15, -0.1) is 0 Å². The van der Waals surface area contributed by atoms with Gasteiger partial charge in [-0.1, -0.05) is 37.6 Å². The lowest BCUT2D eigenvalue weighted by molar-refractivity contribution is -0.118. The average molecular weight is 310 g/mol. The summed E-state index contributed by atoms with van der Waals surface area (Å²) in [5, 5.41) is 14.8. The lowest BCUT2D eigenvalue weighted by Gasteiger charge is -2.56. The van der Waals surface area contributed by atoms with Crippen molar-refractivity contribution in [1.82, 2.24) is 5.32 Å². The molecule has 1 aromatic rings. The minimum Gasteiger partial charge on any atom is -0.387 e. The van der Waals surface area contributed by atoms with Crippen LogP contribution in [0.15, 0.2) is 24.3 Å². The van der Waals surface area contributed by atoms with Crippen LogP contribution in [0.25, 0.3) is 0 Å². The minimum absolute atomic E-state index is 0.00278. The molecule has 3 nitrogen and oxygen atoms in total. The number of benzene rings is 1. The minimum atomic E-state index is -0.528. The molecular formula is C17H24ClNO2. The van der Waals surface area contributed by atoms with E-state index in [1.54, 1.807) is 0 Å². The Morgan fingerprint density at radius 2 is 2.00 bits per heavy atom. The number of hydrogen-bond acceptors (Lipinski definition) is 3. The number of aliphatic hydroxyl groups excluding tert-OH is 1. The van der Waals surface area contributed by atoms with E-state index in [1.807, 2.05) is 31.2 Å². The molecule has 1 heterocycles. The summed E-state index contributed by atoms with van der Waals surface area (Å²) < 4.78 is 5.82. The van der Waals surface area contributed by atoms with Crippen LogP contribution in [0.4, 0.5) is 0 Å². The first-order chi connectivity index (χ1) is 9.91. The number of nitrogens with one attached hydrogen (secondary N) is 1. The first-order valence-corrected chi connectivity index (χ1v) is 8.10. The van der Waals surface area contributed by atoms with E-state index in [1.165, 1.54) is 0 Å². The van der Waals surface area contributed by atoms with Gasteiger partial charge in [-0.2, -0.15) is 0 Å². The van der Waals surface area contributed by atoms with Gasteiger partial charge in [-0.25, -0.2) is 0 Å². The Hall–Kier alpha value is -0.610. The molecule has 2 aliphatic rings. The van der Waals surface area contributed by atoms with Crippen molar-refractivity contribution in [2.45, 2.75) is 51.5 Å². The molecule has 1 aliphatic carbocycles. The zero-order valence-electron chi connectivity index (χ0n) is 12.8. The molecule has 21 heavy (non-hydrogen) atoms. The molecule has 5 atom stereocenters. The Morgan fingerprint density at radius 1 is 1.33 bits per heavy atom. The Morgan fingerprint density at radius 3 is 2.67 bits per heavy atom. The third kappa shape index (κ3) is 2.61. The number of aliphatic hydroxyl groups is 1. The number of rotatable bonds is 4. The first-order valence-electron chi connectivity index (χ1n) is 7.72. The van der Waals surface area contributed by atoms with Crippen molar-refractivity contribution in [2.75, 3.05) is 6.61 Å². The van der Waals surface area contributed by atoms with E-state index in [4.69, 9.17) is 16.3 Å². The van der Waals surface area contributed by atoms with Crippen LogP contribution in [-0.2, 0) is 4.74 Å². The average Bonchev–Trinajstić information content (AvgIpc) is 2.91. The van der Waals surface area contributed by atoms with E-state index < -0.39 is 6.10 Å². The van der Waals surface area contributed by atoms with E-state index in [0.717, 1.165) is 18.6 Å². The van der Waals surface area contributed by atoms with E-state index in [9.17, 15) is 5.11 Å². The molecule has 1 aromatic carbocycles. The maximum atomic E-state index is 10.5. The van der Waals surface area contributed by atoms with Gasteiger partial charge in [-0.05, 0) is 31.0 Å². The number of ether oxygens (including phenoxy) is 1. The van der Waals surface area contributed by atoms with Gasteiger partial charge < -0.3 is 15.2 Å². The van der Waals surface area contributed by atoms with Crippen molar-refractivity contribution in [3.05, 3.63) is 34.9 Å². The lowest BCUT2D eigenvalue weighted by atomic mass is 9.57. The predicted molar refractivity (Wildman–Crippen MR) is 84.4 cm³/mol. The third-order valence-electron chi connectivity index (χ3n) is 5.23. The second-order valence-corrected chi connectivity index (χ2v) is 7.43. The topological polar surface area (TPSA) is 41.5 Å². The van der Waals surface area contributed by atoms with Gasteiger partial charge in [0, 0.05) is 35.0 Å². The largest absolute Gasteiger partial charge is 0.387 e. The van der Waals surface area contributed by atoms with Gasteiger partial charge in [0.25, 0.3) is 0 Å². The monoisotopic (exact) mass is 309 g/mol. The molecule has 2 N–H and O–H groups in total. The summed E-state index contributed by atoms with van der Waals surface area (Å²) in [5.74, 6) is 0.583. The lowest BCUT2D eigenvalue weighted by Crippen LogP contribution is -2.67. The van der Waals surface area contributed by atoms with Crippen molar-refractivity contribution < 1.29 is 9.84 Å². The van der Waals surface area contributed by atoms with Crippen LogP contribution in [-0.4, -0.2) is 29.9 Å². The molecule has 116 valence electrons. The third-order valence-corrected chi connectivity index (χ3v) is 5.48. The molecule has 0 radical (unpaired) electrons. The Balaban J connectivity index is 1.66. The van der Waals surface area contributed by atoms with Crippen molar-refractivity contribution in [3.63, 3.8) is 0 Å². The quantitative estimate of drug-likeness (QED) is 0.897. The molecule has 1 saturated heterocycles. The second kappa shape index (κ2) is 5.54. The van der Waals surface area contributed by atoms with Crippen LogP contribution in [0, 0.1) is 11.3 Å². The number of fused-ring (bicyclic) bond motifs is 1. The molecule has 0 spiro atoms. The van der Waals surface area contributed by atoms with Crippen molar-refractivity contribution in [1.29, 1.82) is 0 Å². The Labute approximate surface area is 131 Å². The van der Waals surface area contributed by atoms with Crippen LogP contribution < -0.4 is 5.32 Å². The van der Waals surface area contributed by atoms with Gasteiger partial charge in [-0.3, -0.25) is 0 Å². The Bertz CT molecular complexity index is 502. The standard InChI is InChI=1S/C17H24ClNO2/c1-10(14(20)11-4-6-12(18)7-5-11)19-15-13-8-9-21-16(13)17(15,2)3/h4-7,10,13-16,19-20H,8-9H2,1-3H3. The molecule has 0 amide bonds. The summed E-state index contributed by atoms with van der Waals surface area (Å²) in [6, 6.07) is 7.82. The first kappa shape index (κ1) is 15.3. The van der Waals surface area contributed by atoms with E-state index in [0.29, 0.717) is 23.1 Å². The second-order valence-electron chi connectivity index (χ2n) is 6.99. The summed E-state index contributed by atoms with van der Waals surface area (Å²) in [4.78, 5) is 0. The van der Waals surface area contributed by atoms with Gasteiger partial charge in [0.2, 0.25) is 0 Å². The maximum absolute atomic E-state index is 10.5. The SMILES string of the molecule is CC(NC1C2CCOC2C1(C)C)C(O)c1ccc(Cl)cc1. The van der Waals surface area contributed by atoms with Crippen molar-refractivity contribution in [3.8, 4) is 0 Å². The molecule has 5 unspecified atom stereocenters. The van der Waals surface area contributed by atoms with Crippen LogP contribution in [0.1, 0.15) is 38.9 Å². The highest BCUT2D eigenvalue weighted by molar-refractivity contribution is 6.30. The van der Waals surface area contributed by atoms with Crippen LogP contribution in [0.3, 0.4) is 0 Å². The van der Waals surface area contributed by atoms with Gasteiger partial charge >= 0.3 is 0 Å². The summed E-state index contributed by atoms with van der Waals surface area (Å²) in [6.45, 7) is 7.40. The van der Waals surface area contributed by atoms with E-state index >= 15 is 0 Å². The predicted octanol–water partition coefficient (Wildman–Crippen LogP) is 3.17. The Kier molecular flexibility index (Phi) is 4.04. The van der Waals surface area contributed by atoms with Crippen LogP contribution >= 0.6 is 11.6 Å². The molecule has 0 bridgehead atoms. The zero-order chi connectivity index (χ0) is 15.2. The molecule has 4 heteroatoms. The molecule has 1 aliphatic heterocycles. The highest BCUT2D eigenvalue weighted by Gasteiger charge is 2.59. The summed E-state index contributed by atoms with van der Waals surface area (Å²) in [5.41, 5.74) is 1.03. The van der Waals surface area contributed by atoms with Crippen molar-refractivity contribution >= 4 is 11.6 Å². The molecule has 3 rings (SSSR count). The summed E-state index contributed by atoms with van der Waals surface area (Å²) in [7, 11) is 0. The highest BCUT2D eigenvalue weighted by Crippen LogP contribution is 2.52. The number of halogens is 1. The van der Waals surface area contributed by atoms with Gasteiger partial charge in [0.15, 0.2) is 0 Å². The fourth-order valence-corrected chi connectivity index (χ4v) is 4.11. The van der Waals surface area contributed by atoms with Crippen LogP contribution in [0.2, 0.25) is 5.02 Å². The molecule has 1 saturated carbocycles.